The molecule has 2 N–H and O–H groups in total. The predicted molar refractivity (Wildman–Crippen MR) is 110 cm³/mol. The lowest BCUT2D eigenvalue weighted by molar-refractivity contribution is -0.269. The average Bonchev–Trinajstić information content (AvgIpc) is 3.09. The third-order valence-corrected chi connectivity index (χ3v) is 5.12. The topological polar surface area (TPSA) is 57.1 Å². The number of rotatable bonds is 3. The van der Waals surface area contributed by atoms with Crippen LogP contribution in [0.3, 0.4) is 0 Å². The van der Waals surface area contributed by atoms with Gasteiger partial charge in [0.1, 0.15) is 0 Å². The summed E-state index contributed by atoms with van der Waals surface area (Å²) in [6, 6.07) is 8.61. The van der Waals surface area contributed by atoms with E-state index in [1.54, 1.807) is 44.1 Å². The molecule has 10 heteroatoms. The van der Waals surface area contributed by atoms with Gasteiger partial charge in [-0.25, -0.2) is 0 Å². The van der Waals surface area contributed by atoms with E-state index in [1.165, 1.54) is 6.07 Å². The van der Waals surface area contributed by atoms with Gasteiger partial charge in [-0.3, -0.25) is 10.3 Å². The van der Waals surface area contributed by atoms with Crippen LogP contribution in [0, 0.1) is 6.92 Å². The van der Waals surface area contributed by atoms with Crippen LogP contribution in [-0.2, 0) is 10.4 Å². The molecule has 0 amide bonds. The van der Waals surface area contributed by atoms with Gasteiger partial charge >= 0.3 is 6.18 Å². The van der Waals surface area contributed by atoms with E-state index in [9.17, 15) is 18.4 Å². The molecule has 1 aliphatic rings. The van der Waals surface area contributed by atoms with Crippen LogP contribution < -0.4 is 5.48 Å². The first-order chi connectivity index (χ1) is 14.0. The Kier molecular flexibility index (Phi) is 5.95. The highest BCUT2D eigenvalue weighted by Gasteiger charge is 2.59. The maximum atomic E-state index is 14.1. The van der Waals surface area contributed by atoms with Crippen LogP contribution in [0.25, 0.3) is 5.70 Å². The lowest BCUT2D eigenvalue weighted by Gasteiger charge is -2.28. The smallest absolute Gasteiger partial charge is 0.409 e. The van der Waals surface area contributed by atoms with Crippen LogP contribution in [0.4, 0.5) is 13.2 Å². The van der Waals surface area contributed by atoms with E-state index in [0.717, 1.165) is 18.2 Å². The quantitative estimate of drug-likeness (QED) is 0.281. The molecule has 1 unspecified atom stereocenters. The summed E-state index contributed by atoms with van der Waals surface area (Å²) in [5, 5.41) is 12.6. The molecule has 0 spiro atoms. The van der Waals surface area contributed by atoms with Gasteiger partial charge in [-0.05, 0) is 48.4 Å². The zero-order valence-electron chi connectivity index (χ0n) is 16.2. The molecular formula is C20H18Cl2F3N3O2. The van der Waals surface area contributed by atoms with Gasteiger partial charge in [0.25, 0.3) is 0 Å². The Morgan fingerprint density at radius 2 is 1.77 bits per heavy atom. The molecular weight excluding hydrogens is 442 g/mol. The fraction of sp³-hybridized carbons (Fsp3) is 0.250. The summed E-state index contributed by atoms with van der Waals surface area (Å²) in [6.07, 6.45) is -3.83. The number of halogens is 5. The standard InChI is InChI=1S/C20H18Cl2F3N3O2/c1-11-6-12(4-5-16(11)18(26-29)28(2)3)17-10-19(30-27-17,20(23,24)25)13-7-14(21)9-15(22)8-13/h4-10,27,29H,1-3H3. The Morgan fingerprint density at radius 3 is 2.27 bits per heavy atom. The first-order valence-electron chi connectivity index (χ1n) is 8.69. The van der Waals surface area contributed by atoms with Crippen molar-refractivity contribution in [2.24, 2.45) is 5.16 Å². The van der Waals surface area contributed by atoms with Crippen molar-refractivity contribution in [3.63, 3.8) is 0 Å². The maximum absolute atomic E-state index is 14.1. The van der Waals surface area contributed by atoms with Crippen LogP contribution in [0.15, 0.2) is 47.6 Å². The lowest BCUT2D eigenvalue weighted by Crippen LogP contribution is -2.42. The number of nitrogens with zero attached hydrogens (tertiary/aromatic N) is 2. The average molecular weight is 460 g/mol. The molecule has 0 radical (unpaired) electrons. The van der Waals surface area contributed by atoms with Crippen LogP contribution in [-0.4, -0.2) is 36.2 Å². The molecule has 0 aromatic heterocycles. The largest absolute Gasteiger partial charge is 0.428 e. The third-order valence-electron chi connectivity index (χ3n) is 4.68. The minimum absolute atomic E-state index is 0.0614. The summed E-state index contributed by atoms with van der Waals surface area (Å²) in [5.74, 6) is 0.321. The second-order valence-electron chi connectivity index (χ2n) is 7.00. The molecule has 3 rings (SSSR count). The number of hydroxylamine groups is 1. The van der Waals surface area contributed by atoms with Crippen molar-refractivity contribution in [1.29, 1.82) is 0 Å². The summed E-state index contributed by atoms with van der Waals surface area (Å²) in [7, 11) is 3.43. The maximum Gasteiger partial charge on any atom is 0.428 e. The predicted octanol–water partition coefficient (Wildman–Crippen LogP) is 5.33. The molecule has 1 aliphatic heterocycles. The third kappa shape index (κ3) is 3.95. The number of oxime groups is 1. The van der Waals surface area contributed by atoms with E-state index in [4.69, 9.17) is 28.0 Å². The van der Waals surface area contributed by atoms with Crippen LogP contribution in [0.5, 0.6) is 0 Å². The van der Waals surface area contributed by atoms with Crippen molar-refractivity contribution < 1.29 is 23.2 Å². The number of amidine groups is 1. The molecule has 2 aromatic carbocycles. The summed E-state index contributed by atoms with van der Waals surface area (Å²) in [4.78, 5) is 6.71. The second-order valence-corrected chi connectivity index (χ2v) is 7.87. The summed E-state index contributed by atoms with van der Waals surface area (Å²) in [6.45, 7) is 1.76. The summed E-state index contributed by atoms with van der Waals surface area (Å²) >= 11 is 11.8. The highest BCUT2D eigenvalue weighted by Crippen LogP contribution is 2.48. The van der Waals surface area contributed by atoms with Gasteiger partial charge in [0.2, 0.25) is 5.60 Å². The summed E-state index contributed by atoms with van der Waals surface area (Å²) in [5.41, 5.74) is 1.31. The van der Waals surface area contributed by atoms with Gasteiger partial charge in [0, 0.05) is 35.3 Å². The van der Waals surface area contributed by atoms with Gasteiger partial charge in [-0.15, -0.1) is 0 Å². The zero-order chi connectivity index (χ0) is 22.3. The highest BCUT2D eigenvalue weighted by molar-refractivity contribution is 6.34. The minimum Gasteiger partial charge on any atom is -0.409 e. The number of benzene rings is 2. The fourth-order valence-corrected chi connectivity index (χ4v) is 3.75. The molecule has 1 atom stereocenters. The summed E-state index contributed by atoms with van der Waals surface area (Å²) < 4.78 is 42.3. The van der Waals surface area contributed by atoms with Crippen molar-refractivity contribution in [2.75, 3.05) is 14.1 Å². The molecule has 1 heterocycles. The molecule has 5 nitrogen and oxygen atoms in total. The van der Waals surface area contributed by atoms with Gasteiger partial charge in [-0.1, -0.05) is 40.5 Å². The molecule has 2 aromatic rings. The van der Waals surface area contributed by atoms with Crippen molar-refractivity contribution >= 4 is 34.7 Å². The van der Waals surface area contributed by atoms with Gasteiger partial charge < -0.3 is 10.1 Å². The zero-order valence-corrected chi connectivity index (χ0v) is 17.7. The molecule has 160 valence electrons. The number of alkyl halides is 3. The van der Waals surface area contributed by atoms with E-state index in [1.807, 2.05) is 0 Å². The normalized spacial score (nSPS) is 19.5. The highest BCUT2D eigenvalue weighted by atomic mass is 35.5. The van der Waals surface area contributed by atoms with Crippen molar-refractivity contribution in [2.45, 2.75) is 18.7 Å². The number of hydrogen-bond donors (Lipinski definition) is 2. The Balaban J connectivity index is 2.09. The first kappa shape index (κ1) is 22.3. The van der Waals surface area contributed by atoms with Crippen LogP contribution in [0.1, 0.15) is 22.3 Å². The monoisotopic (exact) mass is 459 g/mol. The molecule has 30 heavy (non-hydrogen) atoms. The van der Waals surface area contributed by atoms with Crippen molar-refractivity contribution in [3.8, 4) is 0 Å². The van der Waals surface area contributed by atoms with Gasteiger partial charge in [0.05, 0.1) is 5.70 Å². The second kappa shape index (κ2) is 8.02. The number of hydrogen-bond acceptors (Lipinski definition) is 4. The molecule has 0 fully saturated rings. The van der Waals surface area contributed by atoms with Crippen LogP contribution in [0.2, 0.25) is 10.0 Å². The first-order valence-corrected chi connectivity index (χ1v) is 9.45. The van der Waals surface area contributed by atoms with Crippen molar-refractivity contribution in [1.82, 2.24) is 10.4 Å². The van der Waals surface area contributed by atoms with E-state index in [0.29, 0.717) is 22.5 Å². The molecule has 0 saturated heterocycles. The van der Waals surface area contributed by atoms with Gasteiger partial charge in [-0.2, -0.15) is 13.2 Å². The van der Waals surface area contributed by atoms with Crippen molar-refractivity contribution in [3.05, 3.63) is 74.8 Å². The Morgan fingerprint density at radius 1 is 1.13 bits per heavy atom. The SMILES string of the molecule is Cc1cc(C2=CC(c3cc(Cl)cc(Cl)c3)(C(F)(F)F)ON2)ccc1C(=NO)N(C)C. The van der Waals surface area contributed by atoms with E-state index >= 15 is 0 Å². The van der Waals surface area contributed by atoms with Crippen LogP contribution >= 0.6 is 23.2 Å². The number of aryl methyl sites for hydroxylation is 1. The van der Waals surface area contributed by atoms with E-state index < -0.39 is 11.8 Å². The molecule has 0 bridgehead atoms. The minimum atomic E-state index is -4.79. The van der Waals surface area contributed by atoms with E-state index in [-0.39, 0.29) is 21.3 Å². The number of nitrogens with one attached hydrogen (secondary N) is 1. The Bertz CT molecular complexity index is 1020. The Hall–Kier alpha value is -2.42. The fourth-order valence-electron chi connectivity index (χ4n) is 3.22. The molecule has 0 aliphatic carbocycles. The Labute approximate surface area is 181 Å². The molecule has 0 saturated carbocycles. The lowest BCUT2D eigenvalue weighted by atomic mass is 9.91. The van der Waals surface area contributed by atoms with Gasteiger partial charge in [0.15, 0.2) is 5.84 Å². The van der Waals surface area contributed by atoms with E-state index in [2.05, 4.69) is 10.6 Å².